The molecule has 5 nitrogen and oxygen atoms in total. The van der Waals surface area contributed by atoms with Gasteiger partial charge in [0.2, 0.25) is 0 Å². The molecule has 0 saturated carbocycles. The molecule has 21 heavy (non-hydrogen) atoms. The molecule has 0 amide bonds. The van der Waals surface area contributed by atoms with Gasteiger partial charge in [0.25, 0.3) is 0 Å². The summed E-state index contributed by atoms with van der Waals surface area (Å²) < 4.78 is 0. The fourth-order valence-corrected chi connectivity index (χ4v) is 2.81. The smallest absolute Gasteiger partial charge is 0.354 e. The SMILES string of the molecule is Cc1cnc(CNc2cc(C(=O)O)nc3ccccc23)s1. The number of aromatic nitrogens is 2. The number of hydrogen-bond donors (Lipinski definition) is 2. The number of nitrogens with zero attached hydrogens (tertiary/aromatic N) is 2. The molecule has 0 fully saturated rings. The van der Waals surface area contributed by atoms with E-state index >= 15 is 0 Å². The summed E-state index contributed by atoms with van der Waals surface area (Å²) in [6, 6.07) is 9.03. The van der Waals surface area contributed by atoms with Crippen molar-refractivity contribution in [2.24, 2.45) is 0 Å². The lowest BCUT2D eigenvalue weighted by molar-refractivity contribution is 0.0691. The number of hydrogen-bond acceptors (Lipinski definition) is 5. The molecule has 0 bridgehead atoms. The monoisotopic (exact) mass is 299 g/mol. The molecule has 0 aliphatic carbocycles. The first-order chi connectivity index (χ1) is 10.1. The van der Waals surface area contributed by atoms with Gasteiger partial charge in [0.15, 0.2) is 5.69 Å². The first-order valence-electron chi connectivity index (χ1n) is 6.42. The predicted molar refractivity (Wildman–Crippen MR) is 82.9 cm³/mol. The van der Waals surface area contributed by atoms with Crippen LogP contribution in [0.2, 0.25) is 0 Å². The Hall–Kier alpha value is -2.47. The van der Waals surface area contributed by atoms with E-state index < -0.39 is 5.97 Å². The number of rotatable bonds is 4. The quantitative estimate of drug-likeness (QED) is 0.773. The number of pyridine rings is 1. The van der Waals surface area contributed by atoms with Crippen molar-refractivity contribution in [2.75, 3.05) is 5.32 Å². The first-order valence-corrected chi connectivity index (χ1v) is 7.23. The lowest BCUT2D eigenvalue weighted by Gasteiger charge is -2.09. The van der Waals surface area contributed by atoms with Crippen molar-refractivity contribution in [3.63, 3.8) is 0 Å². The number of anilines is 1. The van der Waals surface area contributed by atoms with Crippen LogP contribution >= 0.6 is 11.3 Å². The Kier molecular flexibility index (Phi) is 3.53. The van der Waals surface area contributed by atoms with Crippen LogP contribution in [0.3, 0.4) is 0 Å². The van der Waals surface area contributed by atoms with Crippen LogP contribution in [0.25, 0.3) is 10.9 Å². The van der Waals surface area contributed by atoms with Crippen molar-refractivity contribution in [3.05, 3.63) is 52.1 Å². The van der Waals surface area contributed by atoms with Crippen LogP contribution in [0.5, 0.6) is 0 Å². The topological polar surface area (TPSA) is 75.1 Å². The Morgan fingerprint density at radius 3 is 2.90 bits per heavy atom. The number of carboxylic acids is 1. The van der Waals surface area contributed by atoms with Gasteiger partial charge in [0.05, 0.1) is 12.1 Å². The Balaban J connectivity index is 1.97. The highest BCUT2D eigenvalue weighted by Crippen LogP contribution is 2.24. The first kappa shape index (κ1) is 13.5. The highest BCUT2D eigenvalue weighted by atomic mass is 32.1. The van der Waals surface area contributed by atoms with E-state index in [1.165, 1.54) is 0 Å². The normalized spacial score (nSPS) is 10.7. The molecular weight excluding hydrogens is 286 g/mol. The summed E-state index contributed by atoms with van der Waals surface area (Å²) in [7, 11) is 0. The number of fused-ring (bicyclic) bond motifs is 1. The minimum atomic E-state index is -1.03. The van der Waals surface area contributed by atoms with Gasteiger partial charge >= 0.3 is 5.97 Å². The number of benzene rings is 1. The molecule has 0 spiro atoms. The average Bonchev–Trinajstić information content (AvgIpc) is 2.90. The average molecular weight is 299 g/mol. The van der Waals surface area contributed by atoms with Gasteiger partial charge in [0.1, 0.15) is 5.01 Å². The zero-order valence-corrected chi connectivity index (χ0v) is 12.1. The number of thiazole rings is 1. The van der Waals surface area contributed by atoms with Crippen molar-refractivity contribution < 1.29 is 9.90 Å². The Morgan fingerprint density at radius 1 is 1.38 bits per heavy atom. The number of para-hydroxylation sites is 1. The van der Waals surface area contributed by atoms with Gasteiger partial charge in [0, 0.05) is 22.1 Å². The van der Waals surface area contributed by atoms with Gasteiger partial charge in [-0.1, -0.05) is 18.2 Å². The van der Waals surface area contributed by atoms with Gasteiger partial charge in [-0.15, -0.1) is 11.3 Å². The van der Waals surface area contributed by atoms with Gasteiger partial charge in [-0.05, 0) is 19.1 Å². The number of aryl methyl sites for hydroxylation is 1. The molecule has 2 N–H and O–H groups in total. The van der Waals surface area contributed by atoms with E-state index in [9.17, 15) is 4.79 Å². The third kappa shape index (κ3) is 2.85. The lowest BCUT2D eigenvalue weighted by Crippen LogP contribution is -2.05. The Labute approximate surface area is 125 Å². The fraction of sp³-hybridized carbons (Fsp3) is 0.133. The van der Waals surface area contributed by atoms with Crippen molar-refractivity contribution in [1.82, 2.24) is 9.97 Å². The van der Waals surface area contributed by atoms with Gasteiger partial charge in [-0.2, -0.15) is 0 Å². The number of aromatic carboxylic acids is 1. The molecule has 0 saturated heterocycles. The van der Waals surface area contributed by atoms with Crippen LogP contribution in [0.1, 0.15) is 20.4 Å². The summed E-state index contributed by atoms with van der Waals surface area (Å²) in [5, 5.41) is 14.3. The second kappa shape index (κ2) is 5.49. The zero-order chi connectivity index (χ0) is 14.8. The maximum absolute atomic E-state index is 11.2. The highest BCUT2D eigenvalue weighted by Gasteiger charge is 2.10. The van der Waals surface area contributed by atoms with Crippen LogP contribution in [0, 0.1) is 6.92 Å². The van der Waals surface area contributed by atoms with E-state index in [1.807, 2.05) is 31.3 Å². The van der Waals surface area contributed by atoms with E-state index in [0.717, 1.165) is 21.0 Å². The molecular formula is C15H13N3O2S. The molecule has 0 radical (unpaired) electrons. The van der Waals surface area contributed by atoms with Crippen molar-refractivity contribution in [3.8, 4) is 0 Å². The molecule has 6 heteroatoms. The van der Waals surface area contributed by atoms with E-state index in [4.69, 9.17) is 5.11 Å². The van der Waals surface area contributed by atoms with Crippen molar-refractivity contribution in [1.29, 1.82) is 0 Å². The second-order valence-electron chi connectivity index (χ2n) is 4.60. The minimum absolute atomic E-state index is 0.0338. The van der Waals surface area contributed by atoms with E-state index in [1.54, 1.807) is 23.5 Å². The van der Waals surface area contributed by atoms with Gasteiger partial charge in [-0.25, -0.2) is 14.8 Å². The molecule has 1 aromatic carbocycles. The van der Waals surface area contributed by atoms with Gasteiger partial charge < -0.3 is 10.4 Å². The number of carboxylic acid groups (broad SMARTS) is 1. The summed E-state index contributed by atoms with van der Waals surface area (Å²) in [6.45, 7) is 2.57. The third-order valence-corrected chi connectivity index (χ3v) is 3.95. The van der Waals surface area contributed by atoms with Crippen LogP contribution in [-0.2, 0) is 6.54 Å². The molecule has 0 aliphatic heterocycles. The molecule has 3 aromatic rings. The molecule has 0 aliphatic rings. The minimum Gasteiger partial charge on any atom is -0.477 e. The molecule has 2 aromatic heterocycles. The van der Waals surface area contributed by atoms with Gasteiger partial charge in [-0.3, -0.25) is 0 Å². The van der Waals surface area contributed by atoms with Crippen LogP contribution in [0.15, 0.2) is 36.5 Å². The van der Waals surface area contributed by atoms with Crippen molar-refractivity contribution in [2.45, 2.75) is 13.5 Å². The summed E-state index contributed by atoms with van der Waals surface area (Å²) in [6.07, 6.45) is 1.83. The fourth-order valence-electron chi connectivity index (χ4n) is 2.09. The molecule has 0 atom stereocenters. The largest absolute Gasteiger partial charge is 0.477 e. The maximum atomic E-state index is 11.2. The van der Waals surface area contributed by atoms with Crippen LogP contribution < -0.4 is 5.32 Å². The van der Waals surface area contributed by atoms with Crippen LogP contribution in [0.4, 0.5) is 5.69 Å². The standard InChI is InChI=1S/C15H13N3O2S/c1-9-7-17-14(21-9)8-16-12-6-13(15(19)20)18-11-5-3-2-4-10(11)12/h2-7H,8H2,1H3,(H,16,18)(H,19,20). The summed E-state index contributed by atoms with van der Waals surface area (Å²) >= 11 is 1.62. The summed E-state index contributed by atoms with van der Waals surface area (Å²) in [5.74, 6) is -1.03. The molecule has 2 heterocycles. The zero-order valence-electron chi connectivity index (χ0n) is 11.3. The second-order valence-corrected chi connectivity index (χ2v) is 5.91. The van der Waals surface area contributed by atoms with Crippen LogP contribution in [-0.4, -0.2) is 21.0 Å². The number of carbonyl (C=O) groups is 1. The summed E-state index contributed by atoms with van der Waals surface area (Å²) in [5.41, 5.74) is 1.45. The molecule has 0 unspecified atom stereocenters. The van der Waals surface area contributed by atoms with E-state index in [0.29, 0.717) is 12.1 Å². The third-order valence-electron chi connectivity index (χ3n) is 3.03. The molecule has 3 rings (SSSR count). The van der Waals surface area contributed by atoms with Crippen molar-refractivity contribution >= 4 is 33.9 Å². The summed E-state index contributed by atoms with van der Waals surface area (Å²) in [4.78, 5) is 20.8. The highest BCUT2D eigenvalue weighted by molar-refractivity contribution is 7.11. The maximum Gasteiger partial charge on any atom is 0.354 e. The molecule has 106 valence electrons. The van der Waals surface area contributed by atoms with E-state index in [2.05, 4.69) is 15.3 Å². The lowest BCUT2D eigenvalue weighted by atomic mass is 10.1. The predicted octanol–water partition coefficient (Wildman–Crippen LogP) is 3.31. The Morgan fingerprint density at radius 2 is 2.19 bits per heavy atom. The Bertz CT molecular complexity index is 814. The van der Waals surface area contributed by atoms with E-state index in [-0.39, 0.29) is 5.69 Å². The number of nitrogens with one attached hydrogen (secondary N) is 1.